The summed E-state index contributed by atoms with van der Waals surface area (Å²) in [5.74, 6) is 0.528. The Bertz CT molecular complexity index is 426. The van der Waals surface area contributed by atoms with Crippen LogP contribution in [0.25, 0.3) is 0 Å². The molecule has 0 spiro atoms. The lowest BCUT2D eigenvalue weighted by molar-refractivity contribution is 0.0284. The van der Waals surface area contributed by atoms with Gasteiger partial charge in [-0.15, -0.1) is 0 Å². The van der Waals surface area contributed by atoms with Gasteiger partial charge in [0, 0.05) is 25.6 Å². The molecule has 0 bridgehead atoms. The summed E-state index contributed by atoms with van der Waals surface area (Å²) < 4.78 is 5.71. The van der Waals surface area contributed by atoms with E-state index in [1.54, 1.807) is 7.11 Å². The summed E-state index contributed by atoms with van der Waals surface area (Å²) in [5.41, 5.74) is 1.24. The molecule has 2 nitrogen and oxygen atoms in total. The summed E-state index contributed by atoms with van der Waals surface area (Å²) in [6.07, 6.45) is 8.84. The first-order chi connectivity index (χ1) is 9.22. The Morgan fingerprint density at radius 1 is 1.16 bits per heavy atom. The zero-order valence-corrected chi connectivity index (χ0v) is 12.0. The molecule has 1 aromatic carbocycles. The second-order valence-electron chi connectivity index (χ2n) is 5.18. The summed E-state index contributed by atoms with van der Waals surface area (Å²) in [5, 5.41) is 0. The molecule has 2 rings (SSSR count). The van der Waals surface area contributed by atoms with Crippen molar-refractivity contribution in [2.45, 2.75) is 19.1 Å². The zero-order chi connectivity index (χ0) is 13.7. The quantitative estimate of drug-likeness (QED) is 0.774. The summed E-state index contributed by atoms with van der Waals surface area (Å²) in [7, 11) is 3.96. The molecule has 0 aliphatic heterocycles. The van der Waals surface area contributed by atoms with Crippen LogP contribution in [-0.4, -0.2) is 31.6 Å². The fraction of sp³-hybridized carbons (Fsp3) is 0.412. The van der Waals surface area contributed by atoms with Crippen LogP contribution in [0.5, 0.6) is 0 Å². The van der Waals surface area contributed by atoms with Gasteiger partial charge < -0.3 is 4.74 Å². The van der Waals surface area contributed by atoms with E-state index in [-0.39, 0.29) is 6.10 Å². The van der Waals surface area contributed by atoms with E-state index in [4.69, 9.17) is 4.74 Å². The maximum absolute atomic E-state index is 5.71. The van der Waals surface area contributed by atoms with E-state index >= 15 is 0 Å². The van der Waals surface area contributed by atoms with Crippen LogP contribution in [0.3, 0.4) is 0 Å². The Labute approximate surface area is 116 Å². The normalized spacial score (nSPS) is 18.1. The van der Waals surface area contributed by atoms with Crippen LogP contribution in [0.2, 0.25) is 0 Å². The van der Waals surface area contributed by atoms with E-state index in [0.29, 0.717) is 12.0 Å². The average molecular weight is 257 g/mol. The summed E-state index contributed by atoms with van der Waals surface area (Å²) in [6.45, 7) is 3.25. The molecule has 1 aliphatic rings. The molecule has 0 saturated heterocycles. The van der Waals surface area contributed by atoms with Gasteiger partial charge in [-0.25, -0.2) is 0 Å². The van der Waals surface area contributed by atoms with Crippen molar-refractivity contribution < 1.29 is 4.74 Å². The molecule has 0 radical (unpaired) electrons. The van der Waals surface area contributed by atoms with Crippen molar-refractivity contribution in [3.05, 3.63) is 60.2 Å². The van der Waals surface area contributed by atoms with Gasteiger partial charge in [0.1, 0.15) is 0 Å². The van der Waals surface area contributed by atoms with Crippen molar-refractivity contribution in [2.24, 2.45) is 5.92 Å². The van der Waals surface area contributed by atoms with Crippen molar-refractivity contribution >= 4 is 0 Å². The largest absolute Gasteiger partial charge is 0.375 e. The number of hydrogen-bond donors (Lipinski definition) is 0. The predicted molar refractivity (Wildman–Crippen MR) is 80.1 cm³/mol. The van der Waals surface area contributed by atoms with Crippen molar-refractivity contribution in [3.8, 4) is 0 Å². The van der Waals surface area contributed by atoms with Crippen LogP contribution in [0.4, 0.5) is 0 Å². The van der Waals surface area contributed by atoms with Crippen LogP contribution >= 0.6 is 0 Å². The van der Waals surface area contributed by atoms with E-state index in [2.05, 4.69) is 67.4 Å². The number of hydrogen-bond acceptors (Lipinski definition) is 2. The first-order valence-corrected chi connectivity index (χ1v) is 6.85. The Hall–Kier alpha value is -1.38. The van der Waals surface area contributed by atoms with Gasteiger partial charge in [0.25, 0.3) is 0 Å². The van der Waals surface area contributed by atoms with Gasteiger partial charge in [-0.3, -0.25) is 4.90 Å². The molecule has 0 heterocycles. The number of benzene rings is 1. The van der Waals surface area contributed by atoms with Gasteiger partial charge in [-0.05, 0) is 19.5 Å². The Morgan fingerprint density at radius 2 is 1.79 bits per heavy atom. The lowest BCUT2D eigenvalue weighted by Crippen LogP contribution is -2.37. The topological polar surface area (TPSA) is 12.5 Å². The molecule has 0 N–H and O–H groups in total. The first kappa shape index (κ1) is 14.0. The Kier molecular flexibility index (Phi) is 4.94. The van der Waals surface area contributed by atoms with Gasteiger partial charge in [-0.1, -0.05) is 54.6 Å². The maximum atomic E-state index is 5.71. The fourth-order valence-electron chi connectivity index (χ4n) is 2.58. The van der Waals surface area contributed by atoms with Crippen molar-refractivity contribution in [3.63, 3.8) is 0 Å². The van der Waals surface area contributed by atoms with Crippen molar-refractivity contribution in [2.75, 3.05) is 20.7 Å². The summed E-state index contributed by atoms with van der Waals surface area (Å²) in [6, 6.07) is 10.8. The van der Waals surface area contributed by atoms with Crippen molar-refractivity contribution in [1.82, 2.24) is 4.90 Å². The molecule has 1 aliphatic carbocycles. The van der Waals surface area contributed by atoms with E-state index in [1.807, 2.05) is 6.07 Å². The third-order valence-electron chi connectivity index (χ3n) is 3.84. The Balaban J connectivity index is 2.01. The number of ether oxygens (including phenoxy) is 1. The standard InChI is InChI=1S/C17H23NO/c1-14(18(2)13-15-9-7-8-10-15)17(19-3)16-11-5-4-6-12-16/h4-12,14-15,17H,13H2,1-3H3/t14-,17-/m0/s1. The SMILES string of the molecule is CO[C@H](c1ccccc1)[C@H](C)N(C)CC1C=CC=C1. The van der Waals surface area contributed by atoms with Crippen LogP contribution in [-0.2, 0) is 4.74 Å². The molecule has 0 aromatic heterocycles. The molecular formula is C17H23NO. The number of methoxy groups -OCH3 is 1. The highest BCUT2D eigenvalue weighted by Gasteiger charge is 2.23. The number of allylic oxidation sites excluding steroid dienone is 2. The molecule has 0 unspecified atom stereocenters. The minimum Gasteiger partial charge on any atom is -0.375 e. The highest BCUT2D eigenvalue weighted by molar-refractivity contribution is 5.20. The first-order valence-electron chi connectivity index (χ1n) is 6.85. The summed E-state index contributed by atoms with van der Waals surface area (Å²) in [4.78, 5) is 2.37. The molecule has 1 aromatic rings. The van der Waals surface area contributed by atoms with Gasteiger partial charge in [-0.2, -0.15) is 0 Å². The molecule has 0 fully saturated rings. The molecular weight excluding hydrogens is 234 g/mol. The highest BCUT2D eigenvalue weighted by Crippen LogP contribution is 2.24. The molecule has 2 atom stereocenters. The second kappa shape index (κ2) is 6.69. The van der Waals surface area contributed by atoms with Crippen LogP contribution in [0.15, 0.2) is 54.6 Å². The summed E-state index contributed by atoms with van der Waals surface area (Å²) >= 11 is 0. The number of rotatable bonds is 6. The van der Waals surface area contributed by atoms with Crippen molar-refractivity contribution in [1.29, 1.82) is 0 Å². The highest BCUT2D eigenvalue weighted by atomic mass is 16.5. The molecule has 2 heteroatoms. The van der Waals surface area contributed by atoms with E-state index in [9.17, 15) is 0 Å². The van der Waals surface area contributed by atoms with E-state index in [0.717, 1.165) is 6.54 Å². The van der Waals surface area contributed by atoms with Gasteiger partial charge >= 0.3 is 0 Å². The van der Waals surface area contributed by atoms with E-state index < -0.39 is 0 Å². The number of nitrogens with zero attached hydrogens (tertiary/aromatic N) is 1. The van der Waals surface area contributed by atoms with Gasteiger partial charge in [0.2, 0.25) is 0 Å². The van der Waals surface area contributed by atoms with Crippen LogP contribution < -0.4 is 0 Å². The van der Waals surface area contributed by atoms with E-state index in [1.165, 1.54) is 5.56 Å². The smallest absolute Gasteiger partial charge is 0.0973 e. The van der Waals surface area contributed by atoms with Crippen LogP contribution in [0.1, 0.15) is 18.6 Å². The zero-order valence-electron chi connectivity index (χ0n) is 12.0. The average Bonchev–Trinajstić information content (AvgIpc) is 2.93. The molecule has 0 amide bonds. The second-order valence-corrected chi connectivity index (χ2v) is 5.18. The predicted octanol–water partition coefficient (Wildman–Crippen LogP) is 3.44. The fourth-order valence-corrected chi connectivity index (χ4v) is 2.58. The Morgan fingerprint density at radius 3 is 2.37 bits per heavy atom. The molecule has 102 valence electrons. The molecule has 19 heavy (non-hydrogen) atoms. The molecule has 0 saturated carbocycles. The van der Waals surface area contributed by atoms with Gasteiger partial charge in [0.15, 0.2) is 0 Å². The lowest BCUT2D eigenvalue weighted by atomic mass is 10.0. The van der Waals surface area contributed by atoms with Crippen LogP contribution in [0, 0.1) is 5.92 Å². The minimum atomic E-state index is 0.112. The third kappa shape index (κ3) is 3.55. The van der Waals surface area contributed by atoms with Gasteiger partial charge in [0.05, 0.1) is 6.10 Å². The minimum absolute atomic E-state index is 0.112. The lowest BCUT2D eigenvalue weighted by Gasteiger charge is -2.32. The monoisotopic (exact) mass is 257 g/mol. The maximum Gasteiger partial charge on any atom is 0.0973 e. The number of likely N-dealkylation sites (N-methyl/N-ethyl adjacent to an activating group) is 1. The third-order valence-corrected chi connectivity index (χ3v) is 3.84.